The minimum absolute atomic E-state index is 0.0482. The first kappa shape index (κ1) is 15.5. The Morgan fingerprint density at radius 3 is 2.70 bits per heavy atom. The van der Waals surface area contributed by atoms with Crippen LogP contribution in [0.2, 0.25) is 0 Å². The van der Waals surface area contributed by atoms with Crippen molar-refractivity contribution in [2.75, 3.05) is 33.2 Å². The monoisotopic (exact) mass is 297 g/mol. The van der Waals surface area contributed by atoms with E-state index in [-0.39, 0.29) is 6.04 Å². The van der Waals surface area contributed by atoms with Crippen LogP contribution in [0.15, 0.2) is 18.2 Å². The van der Waals surface area contributed by atoms with Crippen LogP contribution in [0.5, 0.6) is 11.5 Å². The van der Waals surface area contributed by atoms with E-state index in [4.69, 9.17) is 19.9 Å². The first-order valence-corrected chi connectivity index (χ1v) is 7.96. The summed E-state index contributed by atoms with van der Waals surface area (Å²) in [6.45, 7) is 1.74. The van der Waals surface area contributed by atoms with Crippen LogP contribution in [0.25, 0.3) is 0 Å². The highest BCUT2D eigenvalue weighted by Gasteiger charge is 2.18. The molecular weight excluding hydrogens is 274 g/mol. The van der Waals surface area contributed by atoms with E-state index < -0.39 is 0 Å². The minimum atomic E-state index is -0.0482. The van der Waals surface area contributed by atoms with E-state index in [2.05, 4.69) is 0 Å². The number of nitrogens with two attached hydrogens (primary N) is 1. The van der Waals surface area contributed by atoms with E-state index >= 15 is 0 Å². The van der Waals surface area contributed by atoms with Gasteiger partial charge in [-0.25, -0.2) is 0 Å². The fourth-order valence-corrected chi connectivity index (χ4v) is 3.49. The van der Waals surface area contributed by atoms with E-state index in [1.54, 1.807) is 14.2 Å². The number of rotatable bonds is 6. The van der Waals surface area contributed by atoms with Crippen LogP contribution in [0.3, 0.4) is 0 Å². The molecule has 2 rings (SSSR count). The van der Waals surface area contributed by atoms with Crippen LogP contribution in [0, 0.1) is 0 Å². The molecule has 1 fully saturated rings. The molecule has 1 saturated heterocycles. The summed E-state index contributed by atoms with van der Waals surface area (Å²) >= 11 is 1.93. The average Bonchev–Trinajstić information content (AvgIpc) is 2.52. The third-order valence-electron chi connectivity index (χ3n) is 3.52. The molecule has 1 aromatic rings. The number of benzene rings is 1. The number of hydrogen-bond acceptors (Lipinski definition) is 5. The van der Waals surface area contributed by atoms with Crippen molar-refractivity contribution >= 4 is 11.8 Å². The van der Waals surface area contributed by atoms with Gasteiger partial charge in [0.25, 0.3) is 0 Å². The molecule has 5 heteroatoms. The van der Waals surface area contributed by atoms with Crippen molar-refractivity contribution in [3.05, 3.63) is 23.8 Å². The maximum Gasteiger partial charge on any atom is 0.123 e. The van der Waals surface area contributed by atoms with Gasteiger partial charge in [-0.15, -0.1) is 0 Å². The molecule has 112 valence electrons. The smallest absolute Gasteiger partial charge is 0.123 e. The number of hydrogen-bond donors (Lipinski definition) is 1. The van der Waals surface area contributed by atoms with Gasteiger partial charge in [0.2, 0.25) is 0 Å². The lowest BCUT2D eigenvalue weighted by Gasteiger charge is -2.23. The summed E-state index contributed by atoms with van der Waals surface area (Å²) in [6, 6.07) is 5.72. The van der Waals surface area contributed by atoms with Crippen molar-refractivity contribution in [1.29, 1.82) is 0 Å². The lowest BCUT2D eigenvalue weighted by Crippen LogP contribution is -2.21. The Morgan fingerprint density at radius 2 is 2.05 bits per heavy atom. The van der Waals surface area contributed by atoms with Gasteiger partial charge in [0.1, 0.15) is 11.5 Å². The predicted molar refractivity (Wildman–Crippen MR) is 82.8 cm³/mol. The second kappa shape index (κ2) is 7.76. The fraction of sp³-hybridized carbons (Fsp3) is 0.600. The molecule has 0 radical (unpaired) electrons. The molecule has 1 atom stereocenters. The zero-order chi connectivity index (χ0) is 14.4. The molecule has 1 unspecified atom stereocenters. The third kappa shape index (κ3) is 4.04. The molecule has 1 heterocycles. The second-order valence-corrected chi connectivity index (χ2v) is 6.19. The number of ether oxygens (including phenoxy) is 3. The lowest BCUT2D eigenvalue weighted by molar-refractivity contribution is 0.1000. The average molecular weight is 297 g/mol. The quantitative estimate of drug-likeness (QED) is 0.874. The first-order chi connectivity index (χ1) is 9.74. The van der Waals surface area contributed by atoms with Crippen LogP contribution in [0.1, 0.15) is 24.4 Å². The summed E-state index contributed by atoms with van der Waals surface area (Å²) in [5.41, 5.74) is 7.33. The van der Waals surface area contributed by atoms with Gasteiger partial charge in [0.05, 0.1) is 14.2 Å². The van der Waals surface area contributed by atoms with Gasteiger partial charge in [0.15, 0.2) is 0 Å². The van der Waals surface area contributed by atoms with Crippen molar-refractivity contribution in [2.24, 2.45) is 5.73 Å². The normalized spacial score (nSPS) is 17.8. The fourth-order valence-electron chi connectivity index (χ4n) is 2.30. The molecule has 1 aliphatic rings. The van der Waals surface area contributed by atoms with Crippen LogP contribution >= 0.6 is 11.8 Å². The van der Waals surface area contributed by atoms with Crippen molar-refractivity contribution in [3.8, 4) is 11.5 Å². The van der Waals surface area contributed by atoms with Crippen molar-refractivity contribution in [1.82, 2.24) is 0 Å². The molecule has 2 N–H and O–H groups in total. The summed E-state index contributed by atoms with van der Waals surface area (Å²) < 4.78 is 16.0. The van der Waals surface area contributed by atoms with E-state index in [1.807, 2.05) is 30.0 Å². The Balaban J connectivity index is 1.98. The summed E-state index contributed by atoms with van der Waals surface area (Å²) in [7, 11) is 3.33. The highest BCUT2D eigenvalue weighted by atomic mass is 32.2. The third-order valence-corrected chi connectivity index (χ3v) is 5.01. The SMILES string of the molecule is COc1ccc(OC)c(C(N)CSC2CCOCC2)c1. The number of methoxy groups -OCH3 is 2. The molecule has 4 nitrogen and oxygen atoms in total. The van der Waals surface area contributed by atoms with Gasteiger partial charge in [-0.05, 0) is 31.0 Å². The molecule has 0 bridgehead atoms. The van der Waals surface area contributed by atoms with E-state index in [0.717, 1.165) is 48.9 Å². The molecular formula is C15H23NO3S. The van der Waals surface area contributed by atoms with Gasteiger partial charge in [-0.2, -0.15) is 11.8 Å². The molecule has 0 saturated carbocycles. The summed E-state index contributed by atoms with van der Waals surface area (Å²) in [4.78, 5) is 0. The highest BCUT2D eigenvalue weighted by molar-refractivity contribution is 7.99. The lowest BCUT2D eigenvalue weighted by atomic mass is 10.1. The van der Waals surface area contributed by atoms with Gasteiger partial charge < -0.3 is 19.9 Å². The Hall–Kier alpha value is -0.910. The Kier molecular flexibility index (Phi) is 6.01. The van der Waals surface area contributed by atoms with Crippen molar-refractivity contribution in [2.45, 2.75) is 24.1 Å². The van der Waals surface area contributed by atoms with E-state index in [1.165, 1.54) is 0 Å². The molecule has 1 aliphatic heterocycles. The molecule has 0 aromatic heterocycles. The highest BCUT2D eigenvalue weighted by Crippen LogP contribution is 2.32. The second-order valence-electron chi connectivity index (χ2n) is 4.86. The van der Waals surface area contributed by atoms with Crippen LogP contribution in [-0.2, 0) is 4.74 Å². The maximum absolute atomic E-state index is 6.32. The molecule has 0 amide bonds. The Morgan fingerprint density at radius 1 is 1.30 bits per heavy atom. The van der Waals surface area contributed by atoms with E-state index in [9.17, 15) is 0 Å². The summed E-state index contributed by atoms with van der Waals surface area (Å²) in [5.74, 6) is 2.52. The molecule has 20 heavy (non-hydrogen) atoms. The largest absolute Gasteiger partial charge is 0.497 e. The van der Waals surface area contributed by atoms with Crippen molar-refractivity contribution in [3.63, 3.8) is 0 Å². The first-order valence-electron chi connectivity index (χ1n) is 6.91. The zero-order valence-electron chi connectivity index (χ0n) is 12.1. The number of thioether (sulfide) groups is 1. The van der Waals surface area contributed by atoms with Crippen LogP contribution in [-0.4, -0.2) is 38.4 Å². The Bertz CT molecular complexity index is 422. The van der Waals surface area contributed by atoms with Crippen LogP contribution < -0.4 is 15.2 Å². The molecule has 0 spiro atoms. The molecule has 0 aliphatic carbocycles. The topological polar surface area (TPSA) is 53.7 Å². The molecule has 1 aromatic carbocycles. The standard InChI is InChI=1S/C15H23NO3S/c1-17-11-3-4-15(18-2)13(9-11)14(16)10-20-12-5-7-19-8-6-12/h3-4,9,12,14H,5-8,10,16H2,1-2H3. The summed E-state index contributed by atoms with van der Waals surface area (Å²) in [5, 5.41) is 0.659. The van der Waals surface area contributed by atoms with E-state index in [0.29, 0.717) is 5.25 Å². The van der Waals surface area contributed by atoms with Crippen LogP contribution in [0.4, 0.5) is 0 Å². The zero-order valence-corrected chi connectivity index (χ0v) is 12.9. The predicted octanol–water partition coefficient (Wildman–Crippen LogP) is 2.62. The maximum atomic E-state index is 6.32. The van der Waals surface area contributed by atoms with Gasteiger partial charge in [-0.3, -0.25) is 0 Å². The summed E-state index contributed by atoms with van der Waals surface area (Å²) in [6.07, 6.45) is 2.24. The van der Waals surface area contributed by atoms with Gasteiger partial charge in [-0.1, -0.05) is 0 Å². The van der Waals surface area contributed by atoms with Crippen molar-refractivity contribution < 1.29 is 14.2 Å². The minimum Gasteiger partial charge on any atom is -0.497 e. The van der Waals surface area contributed by atoms with Gasteiger partial charge in [0, 0.05) is 35.8 Å². The Labute approximate surface area is 125 Å². The van der Waals surface area contributed by atoms with Gasteiger partial charge >= 0.3 is 0 Å².